The molecule has 2 rings (SSSR count). The zero-order valence-electron chi connectivity index (χ0n) is 16.6. The fourth-order valence-corrected chi connectivity index (χ4v) is 2.45. The first-order valence-electron chi connectivity index (χ1n) is 8.96. The second-order valence-electron chi connectivity index (χ2n) is 7.24. The molecule has 2 aromatic rings. The average molecular weight is 386 g/mol. The van der Waals surface area contributed by atoms with Crippen molar-refractivity contribution in [1.29, 1.82) is 0 Å². The molecule has 1 aromatic heterocycles. The zero-order chi connectivity index (χ0) is 20.6. The van der Waals surface area contributed by atoms with Crippen LogP contribution >= 0.6 is 0 Å². The molecule has 0 spiro atoms. The minimum absolute atomic E-state index is 0.181. The quantitative estimate of drug-likeness (QED) is 0.734. The van der Waals surface area contributed by atoms with Crippen LogP contribution in [-0.2, 0) is 15.9 Å². The van der Waals surface area contributed by atoms with E-state index in [1.165, 1.54) is 19.5 Å². The Kier molecular flexibility index (Phi) is 7.37. The summed E-state index contributed by atoms with van der Waals surface area (Å²) in [7, 11) is 1.30. The maximum absolute atomic E-state index is 12.2. The molecular formula is C21H26N2O5. The van der Waals surface area contributed by atoms with Crippen LogP contribution in [-0.4, -0.2) is 42.4 Å². The summed E-state index contributed by atoms with van der Waals surface area (Å²) in [4.78, 5) is 27.8. The molecule has 7 heteroatoms. The highest BCUT2D eigenvalue weighted by Gasteiger charge is 2.20. The minimum atomic E-state index is -0.596. The van der Waals surface area contributed by atoms with Gasteiger partial charge in [0.25, 0.3) is 0 Å². The van der Waals surface area contributed by atoms with E-state index in [2.05, 4.69) is 15.0 Å². The summed E-state index contributed by atoms with van der Waals surface area (Å²) < 4.78 is 15.8. The van der Waals surface area contributed by atoms with E-state index in [4.69, 9.17) is 9.47 Å². The summed E-state index contributed by atoms with van der Waals surface area (Å²) in [6.45, 7) is 5.60. The topological polar surface area (TPSA) is 86.8 Å². The Balaban J connectivity index is 2.06. The molecule has 0 bridgehead atoms. The molecule has 7 nitrogen and oxygen atoms in total. The number of carbonyl (C=O) groups excluding carboxylic acids is 2. The molecule has 0 aliphatic carbocycles. The average Bonchev–Trinajstić information content (AvgIpc) is 2.65. The first-order valence-corrected chi connectivity index (χ1v) is 8.96. The monoisotopic (exact) mass is 386 g/mol. The van der Waals surface area contributed by atoms with Gasteiger partial charge in [-0.2, -0.15) is 0 Å². The van der Waals surface area contributed by atoms with Crippen LogP contribution < -0.4 is 10.1 Å². The van der Waals surface area contributed by atoms with Crippen LogP contribution in [0.15, 0.2) is 48.8 Å². The van der Waals surface area contributed by atoms with E-state index in [9.17, 15) is 9.59 Å². The number of methoxy groups -OCH3 is 1. The van der Waals surface area contributed by atoms with Crippen LogP contribution in [0.25, 0.3) is 0 Å². The van der Waals surface area contributed by atoms with E-state index in [1.54, 1.807) is 26.8 Å². The molecule has 0 unspecified atom stereocenters. The number of amides is 1. The van der Waals surface area contributed by atoms with Crippen molar-refractivity contribution in [2.24, 2.45) is 0 Å². The molecule has 1 aromatic carbocycles. The number of aromatic nitrogens is 1. The normalized spacial score (nSPS) is 12.0. The molecule has 0 saturated heterocycles. The zero-order valence-corrected chi connectivity index (χ0v) is 16.6. The number of nitrogens with one attached hydrogen (secondary N) is 1. The molecule has 0 aliphatic heterocycles. The van der Waals surface area contributed by atoms with E-state index in [-0.39, 0.29) is 12.6 Å². The van der Waals surface area contributed by atoms with Crippen LogP contribution in [0.4, 0.5) is 4.79 Å². The standard InChI is InChI=1S/C21H26N2O5/c1-21(2,3)28-20(25)23-17(10-15-8-6-5-7-9-15)14-27-18-11-16(12-22-13-18)19(24)26-4/h5-9,11-13,17H,10,14H2,1-4H3,(H,23,25)/t17-/m0/s1. The summed E-state index contributed by atoms with van der Waals surface area (Å²) in [5.74, 6) is -0.0855. The number of ether oxygens (including phenoxy) is 3. The Bertz CT molecular complexity index is 787. The van der Waals surface area contributed by atoms with E-state index in [0.717, 1.165) is 5.56 Å². The van der Waals surface area contributed by atoms with Crippen LogP contribution in [0.5, 0.6) is 5.75 Å². The third-order valence-electron chi connectivity index (χ3n) is 3.63. The molecular weight excluding hydrogens is 360 g/mol. The van der Waals surface area contributed by atoms with Gasteiger partial charge in [0, 0.05) is 6.20 Å². The number of esters is 1. The Morgan fingerprint density at radius 3 is 2.50 bits per heavy atom. The first kappa shape index (κ1) is 21.2. The van der Waals surface area contributed by atoms with Crippen molar-refractivity contribution in [3.05, 3.63) is 59.9 Å². The molecule has 1 N–H and O–H groups in total. The molecule has 1 heterocycles. The lowest BCUT2D eigenvalue weighted by molar-refractivity contribution is 0.0487. The van der Waals surface area contributed by atoms with E-state index >= 15 is 0 Å². The predicted octanol–water partition coefficient (Wildman–Crippen LogP) is 3.38. The fraction of sp³-hybridized carbons (Fsp3) is 0.381. The molecule has 150 valence electrons. The third kappa shape index (κ3) is 7.26. The van der Waals surface area contributed by atoms with Gasteiger partial charge < -0.3 is 19.5 Å². The van der Waals surface area contributed by atoms with Gasteiger partial charge >= 0.3 is 12.1 Å². The van der Waals surface area contributed by atoms with Gasteiger partial charge in [0.1, 0.15) is 18.0 Å². The highest BCUT2D eigenvalue weighted by Crippen LogP contribution is 2.14. The summed E-state index contributed by atoms with van der Waals surface area (Å²) in [6, 6.07) is 11.0. The van der Waals surface area contributed by atoms with Crippen LogP contribution in [0.3, 0.4) is 0 Å². The number of nitrogens with zero attached hydrogens (tertiary/aromatic N) is 1. The molecule has 1 amide bonds. The van der Waals surface area contributed by atoms with E-state index < -0.39 is 17.7 Å². The Labute approximate surface area is 165 Å². The Morgan fingerprint density at radius 1 is 1.14 bits per heavy atom. The maximum atomic E-state index is 12.2. The van der Waals surface area contributed by atoms with Crippen molar-refractivity contribution < 1.29 is 23.8 Å². The molecule has 0 saturated carbocycles. The van der Waals surface area contributed by atoms with Gasteiger partial charge in [-0.05, 0) is 38.8 Å². The summed E-state index contributed by atoms with van der Waals surface area (Å²) >= 11 is 0. The van der Waals surface area contributed by atoms with Crippen molar-refractivity contribution in [3.8, 4) is 5.75 Å². The second-order valence-corrected chi connectivity index (χ2v) is 7.24. The molecule has 28 heavy (non-hydrogen) atoms. The number of hydrogen-bond acceptors (Lipinski definition) is 6. The number of rotatable bonds is 7. The summed E-state index contributed by atoms with van der Waals surface area (Å²) in [5.41, 5.74) is 0.745. The molecule has 0 fully saturated rings. The lowest BCUT2D eigenvalue weighted by Crippen LogP contribution is -2.43. The highest BCUT2D eigenvalue weighted by molar-refractivity contribution is 5.89. The van der Waals surface area contributed by atoms with Crippen LogP contribution in [0.2, 0.25) is 0 Å². The van der Waals surface area contributed by atoms with Crippen molar-refractivity contribution in [3.63, 3.8) is 0 Å². The SMILES string of the molecule is COC(=O)c1cncc(OC[C@H](Cc2ccccc2)NC(=O)OC(C)(C)C)c1. The van der Waals surface area contributed by atoms with Crippen molar-refractivity contribution >= 4 is 12.1 Å². The van der Waals surface area contributed by atoms with Crippen molar-refractivity contribution in [1.82, 2.24) is 10.3 Å². The second kappa shape index (κ2) is 9.73. The third-order valence-corrected chi connectivity index (χ3v) is 3.63. The van der Waals surface area contributed by atoms with Gasteiger partial charge in [-0.1, -0.05) is 30.3 Å². The smallest absolute Gasteiger partial charge is 0.408 e. The molecule has 1 atom stereocenters. The Morgan fingerprint density at radius 2 is 1.86 bits per heavy atom. The van der Waals surface area contributed by atoms with Gasteiger partial charge in [-0.3, -0.25) is 4.98 Å². The number of alkyl carbamates (subject to hydrolysis) is 1. The van der Waals surface area contributed by atoms with Crippen LogP contribution in [0, 0.1) is 0 Å². The van der Waals surface area contributed by atoms with E-state index in [0.29, 0.717) is 17.7 Å². The van der Waals surface area contributed by atoms with Gasteiger partial charge in [-0.15, -0.1) is 0 Å². The lowest BCUT2D eigenvalue weighted by atomic mass is 10.1. The van der Waals surface area contributed by atoms with Crippen molar-refractivity contribution in [2.75, 3.05) is 13.7 Å². The molecule has 0 radical (unpaired) electrons. The number of pyridine rings is 1. The van der Waals surface area contributed by atoms with Gasteiger partial charge in [0.05, 0.1) is 24.9 Å². The lowest BCUT2D eigenvalue weighted by Gasteiger charge is -2.24. The maximum Gasteiger partial charge on any atom is 0.408 e. The van der Waals surface area contributed by atoms with Gasteiger partial charge in [0.15, 0.2) is 0 Å². The Hall–Kier alpha value is -3.09. The number of carbonyl (C=O) groups is 2. The van der Waals surface area contributed by atoms with Gasteiger partial charge in [-0.25, -0.2) is 9.59 Å². The number of hydrogen-bond donors (Lipinski definition) is 1. The minimum Gasteiger partial charge on any atom is -0.490 e. The largest absolute Gasteiger partial charge is 0.490 e. The van der Waals surface area contributed by atoms with Gasteiger partial charge in [0.2, 0.25) is 0 Å². The van der Waals surface area contributed by atoms with Crippen LogP contribution in [0.1, 0.15) is 36.7 Å². The van der Waals surface area contributed by atoms with E-state index in [1.807, 2.05) is 30.3 Å². The number of benzene rings is 1. The highest BCUT2D eigenvalue weighted by atomic mass is 16.6. The predicted molar refractivity (Wildman–Crippen MR) is 104 cm³/mol. The fourth-order valence-electron chi connectivity index (χ4n) is 2.45. The first-order chi connectivity index (χ1) is 13.3. The summed E-state index contributed by atoms with van der Waals surface area (Å²) in [5, 5.41) is 2.84. The summed E-state index contributed by atoms with van der Waals surface area (Å²) in [6.07, 6.45) is 2.95. The molecule has 0 aliphatic rings. The van der Waals surface area contributed by atoms with Crippen molar-refractivity contribution in [2.45, 2.75) is 38.8 Å².